The van der Waals surface area contributed by atoms with Crippen molar-refractivity contribution in [3.63, 3.8) is 0 Å². The first-order chi connectivity index (χ1) is 15.9. The third-order valence-electron chi connectivity index (χ3n) is 5.44. The molecule has 0 bridgehead atoms. The number of aromatic nitrogens is 1. The predicted octanol–water partition coefficient (Wildman–Crippen LogP) is 3.07. The van der Waals surface area contributed by atoms with Crippen LogP contribution < -0.4 is 14.4 Å². The number of hydrogen-bond acceptors (Lipinski definition) is 5. The maximum atomic E-state index is 13.6. The first kappa shape index (κ1) is 22.6. The van der Waals surface area contributed by atoms with Crippen molar-refractivity contribution in [2.24, 2.45) is 0 Å². The molecule has 2 aromatic carbocycles. The molecule has 3 aromatic rings. The Hall–Kier alpha value is -3.59. The SMILES string of the molecule is COc1cc(CNC(=O)c2ccc3c(c2)C(=O)C(Cc2cccc(F)c2)S(=O)N3C)ccn1. The average Bonchev–Trinajstić information content (AvgIpc) is 2.83. The highest BCUT2D eigenvalue weighted by molar-refractivity contribution is 7.88. The van der Waals surface area contributed by atoms with Crippen molar-refractivity contribution >= 4 is 28.4 Å². The number of halogens is 1. The number of anilines is 1. The number of methoxy groups -OCH3 is 1. The van der Waals surface area contributed by atoms with Crippen molar-refractivity contribution < 1.29 is 22.9 Å². The predicted molar refractivity (Wildman–Crippen MR) is 123 cm³/mol. The molecule has 0 radical (unpaired) electrons. The molecule has 33 heavy (non-hydrogen) atoms. The molecule has 2 atom stereocenters. The van der Waals surface area contributed by atoms with Gasteiger partial charge in [-0.3, -0.25) is 13.9 Å². The lowest BCUT2D eigenvalue weighted by Crippen LogP contribution is -2.42. The molecule has 1 aliphatic rings. The van der Waals surface area contributed by atoms with E-state index < -0.39 is 22.1 Å². The van der Waals surface area contributed by atoms with Gasteiger partial charge in [-0.25, -0.2) is 13.6 Å². The number of carbonyl (C=O) groups excluding carboxylic acids is 2. The molecule has 1 amide bonds. The zero-order valence-corrected chi connectivity index (χ0v) is 18.9. The Labute approximate surface area is 193 Å². The van der Waals surface area contributed by atoms with Crippen molar-refractivity contribution in [3.8, 4) is 5.88 Å². The summed E-state index contributed by atoms with van der Waals surface area (Å²) >= 11 is 0. The lowest BCUT2D eigenvalue weighted by Gasteiger charge is -2.31. The monoisotopic (exact) mass is 467 g/mol. The van der Waals surface area contributed by atoms with E-state index in [-0.39, 0.29) is 24.7 Å². The first-order valence-corrected chi connectivity index (χ1v) is 11.4. The zero-order chi connectivity index (χ0) is 23.5. The molecule has 1 aromatic heterocycles. The van der Waals surface area contributed by atoms with Crippen molar-refractivity contribution in [2.75, 3.05) is 18.5 Å². The summed E-state index contributed by atoms with van der Waals surface area (Å²) in [6, 6.07) is 14.1. The number of benzene rings is 2. The molecule has 1 N–H and O–H groups in total. The molecule has 2 heterocycles. The molecular weight excluding hydrogens is 445 g/mol. The minimum Gasteiger partial charge on any atom is -0.481 e. The Kier molecular flexibility index (Phi) is 6.50. The molecule has 0 fully saturated rings. The van der Waals surface area contributed by atoms with Crippen molar-refractivity contribution in [1.29, 1.82) is 0 Å². The largest absolute Gasteiger partial charge is 0.481 e. The number of Topliss-reactive ketones (excluding diaryl/α,β-unsaturated/α-hetero) is 1. The number of fused-ring (bicyclic) bond motifs is 1. The van der Waals surface area contributed by atoms with Gasteiger partial charge in [0.05, 0.1) is 12.8 Å². The fraction of sp³-hybridized carbons (Fsp3) is 0.208. The number of carbonyl (C=O) groups is 2. The maximum Gasteiger partial charge on any atom is 0.251 e. The van der Waals surface area contributed by atoms with E-state index in [1.165, 1.54) is 29.6 Å². The number of nitrogens with zero attached hydrogens (tertiary/aromatic N) is 2. The Balaban J connectivity index is 1.55. The second kappa shape index (κ2) is 9.50. The number of amides is 1. The highest BCUT2D eigenvalue weighted by Crippen LogP contribution is 2.32. The lowest BCUT2D eigenvalue weighted by molar-refractivity contribution is 0.0951. The lowest BCUT2D eigenvalue weighted by atomic mass is 9.98. The maximum absolute atomic E-state index is 13.6. The zero-order valence-electron chi connectivity index (χ0n) is 18.1. The topological polar surface area (TPSA) is 88.6 Å². The van der Waals surface area contributed by atoms with E-state index in [0.29, 0.717) is 28.3 Å². The van der Waals surface area contributed by atoms with Crippen molar-refractivity contribution in [2.45, 2.75) is 18.2 Å². The van der Waals surface area contributed by atoms with E-state index in [1.807, 2.05) is 0 Å². The molecule has 0 saturated heterocycles. The second-order valence-corrected chi connectivity index (χ2v) is 9.25. The summed E-state index contributed by atoms with van der Waals surface area (Å²) in [5.41, 5.74) is 2.52. The normalized spacial score (nSPS) is 17.4. The van der Waals surface area contributed by atoms with Crippen LogP contribution in [-0.2, 0) is 24.0 Å². The van der Waals surface area contributed by atoms with Crippen LogP contribution in [0.15, 0.2) is 60.8 Å². The molecule has 1 aliphatic heterocycles. The van der Waals surface area contributed by atoms with Crippen LogP contribution in [-0.4, -0.2) is 40.3 Å². The van der Waals surface area contributed by atoms with Crippen LogP contribution in [0.1, 0.15) is 31.8 Å². The molecule has 7 nitrogen and oxygen atoms in total. The average molecular weight is 468 g/mol. The Bertz CT molecular complexity index is 1250. The van der Waals surface area contributed by atoms with Crippen molar-refractivity contribution in [1.82, 2.24) is 10.3 Å². The fourth-order valence-electron chi connectivity index (χ4n) is 3.70. The molecule has 9 heteroatoms. The number of hydrogen-bond donors (Lipinski definition) is 1. The second-order valence-electron chi connectivity index (χ2n) is 7.58. The van der Waals surface area contributed by atoms with Crippen LogP contribution in [0.4, 0.5) is 10.1 Å². The van der Waals surface area contributed by atoms with Gasteiger partial charge in [0, 0.05) is 37.0 Å². The Morgan fingerprint density at radius 2 is 2.00 bits per heavy atom. The van der Waals surface area contributed by atoms with Crippen molar-refractivity contribution in [3.05, 3.63) is 88.9 Å². The summed E-state index contributed by atoms with van der Waals surface area (Å²) in [7, 11) is 1.52. The third kappa shape index (κ3) is 4.78. The highest BCUT2D eigenvalue weighted by Gasteiger charge is 2.37. The van der Waals surface area contributed by atoms with E-state index in [0.717, 1.165) is 5.56 Å². The number of pyridine rings is 1. The van der Waals surface area contributed by atoms with Gasteiger partial charge in [-0.15, -0.1) is 0 Å². The quantitative estimate of drug-likeness (QED) is 0.602. The molecule has 0 spiro atoms. The first-order valence-electron chi connectivity index (χ1n) is 10.2. The molecule has 0 aliphatic carbocycles. The van der Waals surface area contributed by atoms with Crippen LogP contribution in [0.25, 0.3) is 0 Å². The Morgan fingerprint density at radius 1 is 1.18 bits per heavy atom. The van der Waals surface area contributed by atoms with Gasteiger partial charge in [0.15, 0.2) is 5.78 Å². The number of ether oxygens (including phenoxy) is 1. The third-order valence-corrected chi connectivity index (χ3v) is 7.04. The van der Waals surface area contributed by atoms with Gasteiger partial charge in [0.1, 0.15) is 22.1 Å². The summed E-state index contributed by atoms with van der Waals surface area (Å²) in [5.74, 6) is -0.654. The van der Waals surface area contributed by atoms with Crippen LogP contribution >= 0.6 is 0 Å². The van der Waals surface area contributed by atoms with Gasteiger partial charge in [-0.2, -0.15) is 0 Å². The van der Waals surface area contributed by atoms with Crippen LogP contribution in [0.3, 0.4) is 0 Å². The smallest absolute Gasteiger partial charge is 0.251 e. The van der Waals surface area contributed by atoms with Crippen LogP contribution in [0.2, 0.25) is 0 Å². The highest BCUT2D eigenvalue weighted by atomic mass is 32.2. The standard InChI is InChI=1S/C24H22FN3O4S/c1-28-20-7-6-17(24(30)27-14-16-8-9-26-22(12-16)32-2)13-19(20)23(29)21(33(28)31)11-15-4-3-5-18(25)10-15/h3-10,12-13,21H,11,14H2,1-2H3,(H,27,30). The summed E-state index contributed by atoms with van der Waals surface area (Å²) < 4.78 is 33.1. The summed E-state index contributed by atoms with van der Waals surface area (Å²) in [6.45, 7) is 0.259. The van der Waals surface area contributed by atoms with Gasteiger partial charge >= 0.3 is 0 Å². The molecule has 170 valence electrons. The van der Waals surface area contributed by atoms with E-state index in [9.17, 15) is 18.2 Å². The van der Waals surface area contributed by atoms with E-state index in [2.05, 4.69) is 10.3 Å². The van der Waals surface area contributed by atoms with Crippen LogP contribution in [0, 0.1) is 5.82 Å². The van der Waals surface area contributed by atoms with E-state index in [1.54, 1.807) is 49.6 Å². The van der Waals surface area contributed by atoms with Gasteiger partial charge in [0.2, 0.25) is 5.88 Å². The molecular formula is C24H22FN3O4S. The molecule has 4 rings (SSSR count). The van der Waals surface area contributed by atoms with Gasteiger partial charge in [0.25, 0.3) is 5.91 Å². The fourth-order valence-corrected chi connectivity index (χ4v) is 5.08. The minimum absolute atomic E-state index is 0.132. The number of ketones is 1. The summed E-state index contributed by atoms with van der Waals surface area (Å²) in [5, 5.41) is 1.95. The number of nitrogens with one attached hydrogen (secondary N) is 1. The molecule has 2 unspecified atom stereocenters. The van der Waals surface area contributed by atoms with Gasteiger partial charge < -0.3 is 10.1 Å². The van der Waals surface area contributed by atoms with Gasteiger partial charge in [-0.05, 0) is 53.9 Å². The minimum atomic E-state index is -1.63. The molecule has 0 saturated carbocycles. The van der Waals surface area contributed by atoms with Gasteiger partial charge in [-0.1, -0.05) is 12.1 Å². The van der Waals surface area contributed by atoms with Crippen LogP contribution in [0.5, 0.6) is 5.88 Å². The summed E-state index contributed by atoms with van der Waals surface area (Å²) in [6.07, 6.45) is 1.72. The van der Waals surface area contributed by atoms with E-state index >= 15 is 0 Å². The summed E-state index contributed by atoms with van der Waals surface area (Å²) in [4.78, 5) is 30.0. The number of rotatable bonds is 6. The van der Waals surface area contributed by atoms with E-state index in [4.69, 9.17) is 4.74 Å². The Morgan fingerprint density at radius 3 is 2.76 bits per heavy atom.